The van der Waals surface area contributed by atoms with Gasteiger partial charge in [0, 0.05) is 23.5 Å². The lowest BCUT2D eigenvalue weighted by molar-refractivity contribution is -0.144. The van der Waals surface area contributed by atoms with E-state index in [1.54, 1.807) is 17.0 Å². The van der Waals surface area contributed by atoms with E-state index in [0.29, 0.717) is 35.0 Å². The molecule has 4 saturated carbocycles. The highest BCUT2D eigenvalue weighted by atomic mass is 32.1. The standard InChI is InChI=1S/C27H31N3O2S/c1-2-30(23-6-4-3-5-7-23)24(31)21-8-10-22(11-9-21)28-26(33)29-25(32)27-15-18-12-19(16-27)14-20(13-18)17-27/h3-11,18-20H,2,12-17H2,1H3,(H2,28,29,32,33). The van der Waals surface area contributed by atoms with Crippen LogP contribution in [-0.4, -0.2) is 23.5 Å². The highest BCUT2D eigenvalue weighted by Gasteiger charge is 2.54. The van der Waals surface area contributed by atoms with E-state index in [1.165, 1.54) is 19.3 Å². The summed E-state index contributed by atoms with van der Waals surface area (Å²) in [7, 11) is 0. The third-order valence-corrected chi connectivity index (χ3v) is 7.97. The average molecular weight is 462 g/mol. The van der Waals surface area contributed by atoms with Gasteiger partial charge in [0.2, 0.25) is 5.91 Å². The van der Waals surface area contributed by atoms with E-state index in [9.17, 15) is 9.59 Å². The Hall–Kier alpha value is -2.73. The minimum atomic E-state index is -0.224. The first-order valence-corrected chi connectivity index (χ1v) is 12.5. The summed E-state index contributed by atoms with van der Waals surface area (Å²) >= 11 is 5.46. The first kappa shape index (κ1) is 22.1. The molecule has 2 aromatic carbocycles. The number of carbonyl (C=O) groups excluding carboxylic acids is 2. The number of amides is 2. The number of hydrogen-bond acceptors (Lipinski definition) is 3. The zero-order valence-electron chi connectivity index (χ0n) is 19.0. The number of benzene rings is 2. The summed E-state index contributed by atoms with van der Waals surface area (Å²) in [6.45, 7) is 2.55. The summed E-state index contributed by atoms with van der Waals surface area (Å²) in [6, 6.07) is 16.9. The van der Waals surface area contributed by atoms with E-state index in [2.05, 4.69) is 10.6 Å². The summed E-state index contributed by atoms with van der Waals surface area (Å²) in [5, 5.41) is 6.43. The second kappa shape index (κ2) is 8.90. The van der Waals surface area contributed by atoms with Crippen molar-refractivity contribution in [2.75, 3.05) is 16.8 Å². The maximum atomic E-state index is 13.2. The molecule has 172 valence electrons. The Morgan fingerprint density at radius 1 is 0.939 bits per heavy atom. The first-order chi connectivity index (χ1) is 16.0. The number of anilines is 2. The number of rotatable bonds is 5. The number of thiocarbonyl (C=S) groups is 1. The van der Waals surface area contributed by atoms with E-state index in [0.717, 1.165) is 30.6 Å². The molecule has 6 rings (SSSR count). The van der Waals surface area contributed by atoms with Crippen LogP contribution in [-0.2, 0) is 4.79 Å². The highest BCUT2D eigenvalue weighted by molar-refractivity contribution is 7.80. The smallest absolute Gasteiger partial charge is 0.258 e. The molecule has 0 atom stereocenters. The summed E-state index contributed by atoms with van der Waals surface area (Å²) < 4.78 is 0. The maximum Gasteiger partial charge on any atom is 0.258 e. The van der Waals surface area contributed by atoms with Gasteiger partial charge >= 0.3 is 0 Å². The molecule has 0 aliphatic heterocycles. The molecule has 2 aromatic rings. The third-order valence-electron chi connectivity index (χ3n) is 7.77. The summed E-state index contributed by atoms with van der Waals surface area (Å²) in [4.78, 5) is 27.9. The molecule has 5 nitrogen and oxygen atoms in total. The molecule has 0 heterocycles. The van der Waals surface area contributed by atoms with Gasteiger partial charge in [-0.3, -0.25) is 9.59 Å². The molecule has 6 heteroatoms. The average Bonchev–Trinajstić information content (AvgIpc) is 2.80. The molecule has 4 aliphatic carbocycles. The van der Waals surface area contributed by atoms with E-state index in [1.807, 2.05) is 49.4 Å². The molecule has 0 unspecified atom stereocenters. The molecule has 0 spiro atoms. The van der Waals surface area contributed by atoms with E-state index >= 15 is 0 Å². The van der Waals surface area contributed by atoms with Crippen molar-refractivity contribution in [1.82, 2.24) is 5.32 Å². The van der Waals surface area contributed by atoms with Gasteiger partial charge in [0.1, 0.15) is 0 Å². The van der Waals surface area contributed by atoms with Crippen LogP contribution in [0.15, 0.2) is 54.6 Å². The van der Waals surface area contributed by atoms with E-state index < -0.39 is 0 Å². The van der Waals surface area contributed by atoms with Crippen molar-refractivity contribution in [1.29, 1.82) is 0 Å². The molecule has 4 bridgehead atoms. The normalized spacial score (nSPS) is 27.1. The Bertz CT molecular complexity index is 1020. The fourth-order valence-electron chi connectivity index (χ4n) is 6.69. The molecule has 2 amide bonds. The van der Waals surface area contributed by atoms with Gasteiger partial charge < -0.3 is 15.5 Å². The van der Waals surface area contributed by atoms with Crippen LogP contribution in [0, 0.1) is 23.2 Å². The van der Waals surface area contributed by atoms with Crippen LogP contribution < -0.4 is 15.5 Å². The largest absolute Gasteiger partial charge is 0.332 e. The molecule has 2 N–H and O–H groups in total. The Morgan fingerprint density at radius 3 is 2.06 bits per heavy atom. The van der Waals surface area contributed by atoms with Gasteiger partial charge in [-0.15, -0.1) is 0 Å². The molecule has 0 saturated heterocycles. The SMILES string of the molecule is CCN(C(=O)c1ccc(NC(=S)NC(=O)C23CC4CC(CC(C4)C2)C3)cc1)c1ccccc1. The first-order valence-electron chi connectivity index (χ1n) is 12.0. The van der Waals surface area contributed by atoms with Gasteiger partial charge in [0.15, 0.2) is 5.11 Å². The van der Waals surface area contributed by atoms with Crippen LogP contribution in [0.1, 0.15) is 55.8 Å². The molecule has 4 fully saturated rings. The van der Waals surface area contributed by atoms with E-state index in [4.69, 9.17) is 12.2 Å². The van der Waals surface area contributed by atoms with Crippen LogP contribution in [0.2, 0.25) is 0 Å². The summed E-state index contributed by atoms with van der Waals surface area (Å²) in [6.07, 6.45) is 6.96. The second-order valence-electron chi connectivity index (χ2n) is 10.1. The lowest BCUT2D eigenvalue weighted by Gasteiger charge is -2.55. The number of nitrogens with zero attached hydrogens (tertiary/aromatic N) is 1. The van der Waals surface area contributed by atoms with Crippen LogP contribution in [0.3, 0.4) is 0 Å². The summed E-state index contributed by atoms with van der Waals surface area (Å²) in [5.74, 6) is 2.19. The predicted molar refractivity (Wildman–Crippen MR) is 135 cm³/mol. The molecular formula is C27H31N3O2S. The van der Waals surface area contributed by atoms with Gasteiger partial charge in [-0.1, -0.05) is 18.2 Å². The fourth-order valence-corrected chi connectivity index (χ4v) is 6.90. The number of hydrogen-bond donors (Lipinski definition) is 2. The van der Waals surface area contributed by atoms with Crippen molar-refractivity contribution in [3.63, 3.8) is 0 Å². The second-order valence-corrected chi connectivity index (χ2v) is 10.5. The molecule has 4 aliphatic rings. The number of para-hydroxylation sites is 1. The van der Waals surface area contributed by atoms with E-state index in [-0.39, 0.29) is 17.2 Å². The molecular weight excluding hydrogens is 430 g/mol. The highest BCUT2D eigenvalue weighted by Crippen LogP contribution is 2.60. The lowest BCUT2D eigenvalue weighted by atomic mass is 9.49. The lowest BCUT2D eigenvalue weighted by Crippen LogP contribution is -2.55. The number of nitrogens with one attached hydrogen (secondary N) is 2. The van der Waals surface area contributed by atoms with Crippen molar-refractivity contribution >= 4 is 40.5 Å². The molecule has 0 aromatic heterocycles. The van der Waals surface area contributed by atoms with Crippen LogP contribution in [0.4, 0.5) is 11.4 Å². The van der Waals surface area contributed by atoms with Crippen molar-refractivity contribution in [3.05, 3.63) is 60.2 Å². The predicted octanol–water partition coefficient (Wildman–Crippen LogP) is 5.38. The molecule has 0 radical (unpaired) electrons. The third kappa shape index (κ3) is 4.41. The van der Waals surface area contributed by atoms with Crippen molar-refractivity contribution in [2.45, 2.75) is 45.4 Å². The Morgan fingerprint density at radius 2 is 1.52 bits per heavy atom. The molecule has 33 heavy (non-hydrogen) atoms. The minimum Gasteiger partial charge on any atom is -0.332 e. The van der Waals surface area contributed by atoms with Gasteiger partial charge in [-0.2, -0.15) is 0 Å². The number of carbonyl (C=O) groups is 2. The Kier molecular flexibility index (Phi) is 5.95. The van der Waals surface area contributed by atoms with Crippen LogP contribution in [0.25, 0.3) is 0 Å². The van der Waals surface area contributed by atoms with Crippen molar-refractivity contribution in [2.24, 2.45) is 23.2 Å². The van der Waals surface area contributed by atoms with Gasteiger partial charge in [-0.25, -0.2) is 0 Å². The Balaban J connectivity index is 1.20. The fraction of sp³-hybridized carbons (Fsp3) is 0.444. The zero-order valence-corrected chi connectivity index (χ0v) is 19.9. The van der Waals surface area contributed by atoms with Crippen molar-refractivity contribution < 1.29 is 9.59 Å². The Labute approximate surface area is 200 Å². The maximum absolute atomic E-state index is 13.2. The quantitative estimate of drug-likeness (QED) is 0.587. The van der Waals surface area contributed by atoms with Crippen molar-refractivity contribution in [3.8, 4) is 0 Å². The topological polar surface area (TPSA) is 61.4 Å². The van der Waals surface area contributed by atoms with Gasteiger partial charge in [-0.05, 0) is 112 Å². The summed E-state index contributed by atoms with van der Waals surface area (Å²) in [5.41, 5.74) is 2.01. The van der Waals surface area contributed by atoms with Gasteiger partial charge in [0.25, 0.3) is 5.91 Å². The minimum absolute atomic E-state index is 0.0482. The van der Waals surface area contributed by atoms with Gasteiger partial charge in [0.05, 0.1) is 5.41 Å². The monoisotopic (exact) mass is 461 g/mol. The van der Waals surface area contributed by atoms with Crippen LogP contribution >= 0.6 is 12.2 Å². The van der Waals surface area contributed by atoms with Crippen LogP contribution in [0.5, 0.6) is 0 Å². The zero-order chi connectivity index (χ0) is 23.0.